The van der Waals surface area contributed by atoms with Gasteiger partial charge >= 0.3 is 5.97 Å². The molecule has 6 heteroatoms. The van der Waals surface area contributed by atoms with Crippen LogP contribution in [-0.4, -0.2) is 36.0 Å². The van der Waals surface area contributed by atoms with Crippen LogP contribution in [0.4, 0.5) is 5.69 Å². The molecule has 1 aliphatic heterocycles. The molecule has 0 saturated carbocycles. The van der Waals surface area contributed by atoms with Crippen molar-refractivity contribution in [3.8, 4) is 0 Å². The molecule has 0 aromatic heterocycles. The van der Waals surface area contributed by atoms with Crippen LogP contribution >= 0.6 is 0 Å². The fourth-order valence-electron chi connectivity index (χ4n) is 2.08. The smallest absolute Gasteiger partial charge is 0.306 e. The molecule has 1 atom stereocenters. The number of nitrogens with one attached hydrogen (secondary N) is 1. The Kier molecular flexibility index (Phi) is 4.02. The van der Waals surface area contributed by atoms with Gasteiger partial charge in [-0.2, -0.15) is 0 Å². The molecule has 0 aliphatic carbocycles. The van der Waals surface area contributed by atoms with Gasteiger partial charge < -0.3 is 15.3 Å². The summed E-state index contributed by atoms with van der Waals surface area (Å²) in [6, 6.07) is 7.08. The first-order valence-corrected chi connectivity index (χ1v) is 6.36. The minimum absolute atomic E-state index is 0.00320. The van der Waals surface area contributed by atoms with Gasteiger partial charge in [-0.1, -0.05) is 19.1 Å². The Morgan fingerprint density at radius 3 is 2.90 bits per heavy atom. The van der Waals surface area contributed by atoms with Crippen molar-refractivity contribution in [3.63, 3.8) is 0 Å². The first-order valence-electron chi connectivity index (χ1n) is 6.36. The maximum atomic E-state index is 11.8. The van der Waals surface area contributed by atoms with E-state index in [1.807, 2.05) is 6.07 Å². The summed E-state index contributed by atoms with van der Waals surface area (Å²) in [5.41, 5.74) is 1.45. The van der Waals surface area contributed by atoms with Crippen LogP contribution < -0.4 is 10.2 Å². The van der Waals surface area contributed by atoms with Gasteiger partial charge in [0, 0.05) is 5.69 Å². The number of carbonyl (C=O) groups is 3. The molecule has 1 saturated heterocycles. The van der Waals surface area contributed by atoms with Gasteiger partial charge in [0.1, 0.15) is 6.54 Å². The molecule has 1 heterocycles. The maximum Gasteiger partial charge on any atom is 0.306 e. The average molecular weight is 276 g/mol. The van der Waals surface area contributed by atoms with Crippen molar-refractivity contribution >= 4 is 23.5 Å². The predicted molar refractivity (Wildman–Crippen MR) is 72.3 cm³/mol. The van der Waals surface area contributed by atoms with Crippen molar-refractivity contribution in [2.24, 2.45) is 5.92 Å². The van der Waals surface area contributed by atoms with Crippen LogP contribution in [-0.2, 0) is 20.8 Å². The molecule has 1 unspecified atom stereocenters. The Morgan fingerprint density at radius 1 is 1.45 bits per heavy atom. The van der Waals surface area contributed by atoms with Gasteiger partial charge in [-0.15, -0.1) is 0 Å². The van der Waals surface area contributed by atoms with Crippen LogP contribution in [0.5, 0.6) is 0 Å². The normalized spacial score (nSPS) is 16.8. The Morgan fingerprint density at radius 2 is 2.20 bits per heavy atom. The molecule has 2 amide bonds. The van der Waals surface area contributed by atoms with Gasteiger partial charge in [-0.3, -0.25) is 14.4 Å². The minimum atomic E-state index is -0.858. The number of piperazine rings is 1. The van der Waals surface area contributed by atoms with Crippen molar-refractivity contribution in [2.45, 2.75) is 13.3 Å². The second kappa shape index (κ2) is 5.73. The summed E-state index contributed by atoms with van der Waals surface area (Å²) in [7, 11) is 0. The number of carboxylic acid groups (broad SMARTS) is 1. The van der Waals surface area contributed by atoms with Crippen LogP contribution in [0.1, 0.15) is 12.5 Å². The molecule has 0 spiro atoms. The number of aliphatic carboxylic acids is 1. The molecule has 1 aromatic rings. The van der Waals surface area contributed by atoms with Gasteiger partial charge in [0.15, 0.2) is 0 Å². The topological polar surface area (TPSA) is 86.7 Å². The first kappa shape index (κ1) is 14.0. The Balaban J connectivity index is 2.18. The highest BCUT2D eigenvalue weighted by Gasteiger charge is 2.24. The summed E-state index contributed by atoms with van der Waals surface area (Å²) < 4.78 is 0. The molecule has 0 bridgehead atoms. The molecule has 2 N–H and O–H groups in total. The van der Waals surface area contributed by atoms with Crippen LogP contribution in [0.25, 0.3) is 0 Å². The fourth-order valence-corrected chi connectivity index (χ4v) is 2.08. The lowest BCUT2D eigenvalue weighted by molar-refractivity contribution is -0.141. The van der Waals surface area contributed by atoms with E-state index in [2.05, 4.69) is 5.32 Å². The minimum Gasteiger partial charge on any atom is -0.481 e. The molecule has 106 valence electrons. The molecule has 1 fully saturated rings. The first-order chi connectivity index (χ1) is 9.47. The van der Waals surface area contributed by atoms with E-state index in [1.165, 1.54) is 4.90 Å². The van der Waals surface area contributed by atoms with Gasteiger partial charge in [0.05, 0.1) is 12.5 Å². The lowest BCUT2D eigenvalue weighted by Crippen LogP contribution is -2.51. The van der Waals surface area contributed by atoms with Crippen molar-refractivity contribution in [2.75, 3.05) is 18.0 Å². The molecule has 1 aromatic carbocycles. The average Bonchev–Trinajstić information content (AvgIpc) is 2.41. The number of carbonyl (C=O) groups excluding carboxylic acids is 2. The third-order valence-corrected chi connectivity index (χ3v) is 3.23. The summed E-state index contributed by atoms with van der Waals surface area (Å²) in [4.78, 5) is 35.4. The van der Waals surface area contributed by atoms with E-state index in [0.717, 1.165) is 5.56 Å². The number of benzene rings is 1. The number of carboxylic acids is 1. The number of anilines is 1. The van der Waals surface area contributed by atoms with Gasteiger partial charge in [0.2, 0.25) is 11.8 Å². The summed E-state index contributed by atoms with van der Waals surface area (Å²) in [5, 5.41) is 11.4. The van der Waals surface area contributed by atoms with E-state index < -0.39 is 11.9 Å². The molecule has 2 rings (SSSR count). The molecule has 0 radical (unpaired) electrons. The standard InChI is InChI=1S/C14H16N2O4/c1-9(14(19)20)5-10-3-2-4-11(6-10)16-8-12(17)15-7-13(16)18/h2-4,6,9H,5,7-8H2,1H3,(H,15,17)(H,19,20). The lowest BCUT2D eigenvalue weighted by atomic mass is 10.0. The van der Waals surface area contributed by atoms with Crippen LogP contribution in [0.15, 0.2) is 24.3 Å². The van der Waals surface area contributed by atoms with Crippen LogP contribution in [0.3, 0.4) is 0 Å². The number of rotatable bonds is 4. The van der Waals surface area contributed by atoms with Crippen molar-refractivity contribution in [1.29, 1.82) is 0 Å². The van der Waals surface area contributed by atoms with Crippen LogP contribution in [0.2, 0.25) is 0 Å². The molecule has 1 aliphatic rings. The Hall–Kier alpha value is -2.37. The lowest BCUT2D eigenvalue weighted by Gasteiger charge is -2.27. The van der Waals surface area contributed by atoms with Crippen molar-refractivity contribution in [3.05, 3.63) is 29.8 Å². The quantitative estimate of drug-likeness (QED) is 0.834. The van der Waals surface area contributed by atoms with E-state index >= 15 is 0 Å². The van der Waals surface area contributed by atoms with Crippen molar-refractivity contribution in [1.82, 2.24) is 5.32 Å². The zero-order valence-corrected chi connectivity index (χ0v) is 11.1. The molecule has 20 heavy (non-hydrogen) atoms. The molecule has 6 nitrogen and oxygen atoms in total. The molecular formula is C14H16N2O4. The Labute approximate surface area is 116 Å². The highest BCUT2D eigenvalue weighted by atomic mass is 16.4. The molecular weight excluding hydrogens is 260 g/mol. The summed E-state index contributed by atoms with van der Waals surface area (Å²) >= 11 is 0. The summed E-state index contributed by atoms with van der Waals surface area (Å²) in [6.07, 6.45) is 0.386. The van der Waals surface area contributed by atoms with E-state index in [-0.39, 0.29) is 24.9 Å². The van der Waals surface area contributed by atoms with E-state index in [0.29, 0.717) is 12.1 Å². The predicted octanol–water partition coefficient (Wildman–Crippen LogP) is 0.413. The Bertz CT molecular complexity index is 556. The maximum absolute atomic E-state index is 11.8. The number of hydrogen-bond donors (Lipinski definition) is 2. The zero-order valence-electron chi connectivity index (χ0n) is 11.1. The van der Waals surface area contributed by atoms with E-state index in [9.17, 15) is 14.4 Å². The number of amides is 2. The second-order valence-corrected chi connectivity index (χ2v) is 4.87. The van der Waals surface area contributed by atoms with Crippen molar-refractivity contribution < 1.29 is 19.5 Å². The van der Waals surface area contributed by atoms with Gasteiger partial charge in [-0.05, 0) is 24.1 Å². The number of nitrogens with zero attached hydrogens (tertiary/aromatic N) is 1. The van der Waals surface area contributed by atoms with E-state index in [1.54, 1.807) is 25.1 Å². The largest absolute Gasteiger partial charge is 0.481 e. The third-order valence-electron chi connectivity index (χ3n) is 3.23. The van der Waals surface area contributed by atoms with Gasteiger partial charge in [0.25, 0.3) is 0 Å². The zero-order chi connectivity index (χ0) is 14.7. The van der Waals surface area contributed by atoms with Crippen LogP contribution in [0, 0.1) is 5.92 Å². The number of hydrogen-bond acceptors (Lipinski definition) is 3. The monoisotopic (exact) mass is 276 g/mol. The summed E-state index contributed by atoms with van der Waals surface area (Å²) in [5.74, 6) is -1.73. The van der Waals surface area contributed by atoms with E-state index in [4.69, 9.17) is 5.11 Å². The third kappa shape index (κ3) is 3.14. The second-order valence-electron chi connectivity index (χ2n) is 4.87. The highest BCUT2D eigenvalue weighted by Crippen LogP contribution is 2.19. The van der Waals surface area contributed by atoms with Gasteiger partial charge in [-0.25, -0.2) is 0 Å². The fraction of sp³-hybridized carbons (Fsp3) is 0.357. The summed E-state index contributed by atoms with van der Waals surface area (Å²) in [6.45, 7) is 1.62. The SMILES string of the molecule is CC(Cc1cccc(N2CC(=O)NCC2=O)c1)C(=O)O. The highest BCUT2D eigenvalue weighted by molar-refractivity contribution is 6.04.